The Morgan fingerprint density at radius 3 is 1.98 bits per heavy atom. The number of rotatable bonds is 38. The number of carbonyl (C=O) groups is 16. The normalized spacial score (nSPS) is 25.9. The van der Waals surface area contributed by atoms with Crippen LogP contribution in [0.1, 0.15) is 179 Å². The molecule has 0 radical (unpaired) electrons. The van der Waals surface area contributed by atoms with Crippen molar-refractivity contribution in [3.8, 4) is 0 Å². The number of unbranched alkanes of at least 4 members (excludes halogenated alkanes) is 2. The lowest BCUT2D eigenvalue weighted by atomic mass is 9.44. The number of aliphatic hydroxyl groups excluding tert-OH is 3. The minimum absolute atomic E-state index is 0.0224. The second-order valence-corrected chi connectivity index (χ2v) is 34.3. The molecule has 3 heterocycles. The van der Waals surface area contributed by atoms with Gasteiger partial charge in [0.05, 0.1) is 73.1 Å². The molecule has 2 saturated carbocycles. The summed E-state index contributed by atoms with van der Waals surface area (Å²) in [5.74, 6) is -16.0. The number of hydrogen-bond acceptors (Lipinski definition) is 29. The number of primary amides is 1. The molecule has 36 nitrogen and oxygen atoms in total. The third kappa shape index (κ3) is 21.7. The second-order valence-electron chi connectivity index (χ2n) is 33.0. The molecule has 3 saturated heterocycles. The molecule has 3 aromatic rings. The first-order chi connectivity index (χ1) is 57.6. The summed E-state index contributed by atoms with van der Waals surface area (Å²) >= 11 is 0.898. The van der Waals surface area contributed by atoms with Crippen LogP contribution in [0.25, 0.3) is 0 Å². The minimum atomic E-state index is -2.59. The molecule has 19 atom stereocenters. The molecule has 13 N–H and O–H groups in total. The summed E-state index contributed by atoms with van der Waals surface area (Å²) in [6.07, 6.45) is -13.5. The number of ether oxygens (including phenoxy) is 7. The van der Waals surface area contributed by atoms with Crippen molar-refractivity contribution in [3.63, 3.8) is 0 Å². The van der Waals surface area contributed by atoms with Gasteiger partial charge in [-0.3, -0.25) is 72.0 Å². The lowest BCUT2D eigenvalue weighted by Crippen LogP contribution is -2.82. The smallest absolute Gasteiger partial charge is 0.350 e. The van der Waals surface area contributed by atoms with Crippen LogP contribution in [0.4, 0.5) is 0 Å². The van der Waals surface area contributed by atoms with Crippen molar-refractivity contribution in [1.29, 1.82) is 0 Å². The Morgan fingerprint density at radius 1 is 0.746 bits per heavy atom. The fourth-order valence-corrected chi connectivity index (χ4v) is 18.2. The van der Waals surface area contributed by atoms with Crippen LogP contribution in [-0.4, -0.2) is 259 Å². The largest absolute Gasteiger partial charge is 0.466 e. The van der Waals surface area contributed by atoms with E-state index in [1.807, 2.05) is 13.8 Å². The number of thioether (sulfide) groups is 1. The van der Waals surface area contributed by atoms with Gasteiger partial charge in [0.2, 0.25) is 53.4 Å². The highest BCUT2D eigenvalue weighted by Gasteiger charge is 2.78. The monoisotopic (exact) mass is 1720 g/mol. The quantitative estimate of drug-likeness (QED) is 0.0126. The number of aliphatic hydroxyl groups is 4. The van der Waals surface area contributed by atoms with E-state index in [1.165, 1.54) is 71.0 Å². The number of ketones is 1. The average molecular weight is 1720 g/mol. The van der Waals surface area contributed by atoms with Crippen LogP contribution in [0.15, 0.2) is 102 Å². The molecule has 5 fully saturated rings. The van der Waals surface area contributed by atoms with Crippen molar-refractivity contribution in [2.75, 3.05) is 38.7 Å². The van der Waals surface area contributed by atoms with Gasteiger partial charge in [-0.05, 0) is 113 Å². The van der Waals surface area contributed by atoms with Crippen molar-refractivity contribution in [2.45, 2.75) is 248 Å². The number of nitrogens with one attached hydrogen (secondary N) is 5. The molecule has 9 amide bonds. The molecule has 0 aromatic heterocycles. The van der Waals surface area contributed by atoms with Crippen molar-refractivity contribution in [2.24, 2.45) is 34.1 Å². The van der Waals surface area contributed by atoms with Gasteiger partial charge in [-0.25, -0.2) is 9.59 Å². The van der Waals surface area contributed by atoms with Crippen LogP contribution in [0.2, 0.25) is 0 Å². The number of imide groups is 1. The van der Waals surface area contributed by atoms with Crippen LogP contribution in [-0.2, 0) is 100 Å². The van der Waals surface area contributed by atoms with E-state index < -0.39 is 245 Å². The Bertz CT molecular complexity index is 4440. The fourth-order valence-electron chi connectivity index (χ4n) is 17.1. The van der Waals surface area contributed by atoms with Crippen molar-refractivity contribution < 1.29 is 130 Å². The van der Waals surface area contributed by atoms with Gasteiger partial charge < -0.3 is 96.5 Å². The van der Waals surface area contributed by atoms with E-state index in [0.717, 1.165) is 35.4 Å². The predicted molar refractivity (Wildman–Crippen MR) is 431 cm³/mol. The molecule has 9 unspecified atom stereocenters. The molecule has 3 aromatic carbocycles. The fraction of sp³-hybridized carbons (Fsp3) is 0.576. The third-order valence-corrected chi connectivity index (χ3v) is 24.8. The summed E-state index contributed by atoms with van der Waals surface area (Å²) in [7, 11) is 0. The highest BCUT2D eigenvalue weighted by atomic mass is 32.2. The molecule has 0 spiro atoms. The zero-order valence-corrected chi connectivity index (χ0v) is 70.7. The molecule has 6 aliphatic rings. The number of benzene rings is 3. The maximum atomic E-state index is 16.0. The van der Waals surface area contributed by atoms with Gasteiger partial charge in [-0.1, -0.05) is 94.4 Å². The summed E-state index contributed by atoms with van der Waals surface area (Å²) in [6.45, 7) is 12.7. The number of nitrogens with zero attached hydrogens (tertiary/aromatic N) is 2. The molecular weight excluding hydrogens is 1610 g/mol. The maximum absolute atomic E-state index is 16.0. The van der Waals surface area contributed by atoms with E-state index in [0.29, 0.717) is 12.8 Å². The zero-order chi connectivity index (χ0) is 89.6. The summed E-state index contributed by atoms with van der Waals surface area (Å²) < 4.78 is 42.5. The first-order valence-corrected chi connectivity index (χ1v) is 41.8. The molecule has 37 heteroatoms. The van der Waals surface area contributed by atoms with Gasteiger partial charge in [0.25, 0.3) is 5.91 Å². The Balaban J connectivity index is 0.817. The minimum Gasteiger partial charge on any atom is -0.466 e. The van der Waals surface area contributed by atoms with Crippen LogP contribution >= 0.6 is 11.8 Å². The molecule has 9 rings (SSSR count). The van der Waals surface area contributed by atoms with Crippen LogP contribution in [0, 0.1) is 22.7 Å². The van der Waals surface area contributed by atoms with Crippen molar-refractivity contribution in [1.82, 2.24) is 36.4 Å². The van der Waals surface area contributed by atoms with Gasteiger partial charge in [0.15, 0.2) is 17.5 Å². The Labute approximate surface area is 709 Å². The van der Waals surface area contributed by atoms with E-state index in [2.05, 4.69) is 26.6 Å². The second kappa shape index (κ2) is 41.1. The Kier molecular flexibility index (Phi) is 32.1. The van der Waals surface area contributed by atoms with Gasteiger partial charge in [-0.2, -0.15) is 0 Å². The van der Waals surface area contributed by atoms with E-state index in [-0.39, 0.29) is 104 Å². The third-order valence-electron chi connectivity index (χ3n) is 23.5. The summed E-state index contributed by atoms with van der Waals surface area (Å²) in [4.78, 5) is 223. The lowest BCUT2D eigenvalue weighted by molar-refractivity contribution is -0.346. The number of Topliss-reactive ketones (excluding diaryl/α,β-unsaturated/α-hetero) is 1. The number of hydrogen-bond donors (Lipinski definition) is 11. The Hall–Kier alpha value is -10.6. The summed E-state index contributed by atoms with van der Waals surface area (Å²) in [5, 5.41) is 59.4. The van der Waals surface area contributed by atoms with Gasteiger partial charge >= 0.3 is 35.8 Å². The Morgan fingerprint density at radius 2 is 1.39 bits per heavy atom. The lowest BCUT2D eigenvalue weighted by Gasteiger charge is -2.67. The molecule has 664 valence electrons. The first-order valence-electron chi connectivity index (χ1n) is 40.8. The first kappa shape index (κ1) is 95.3. The van der Waals surface area contributed by atoms with Crippen LogP contribution in [0.3, 0.4) is 0 Å². The van der Waals surface area contributed by atoms with E-state index in [1.54, 1.807) is 61.5 Å². The van der Waals surface area contributed by atoms with E-state index in [9.17, 15) is 87.5 Å². The standard InChI is InChI=1S/C85H111N9O27S/c1-44(2)36-54(75(107)88-45(3)37-61(87)100)89-76(108)56-30-23-34-93(56)78(110)55(41-95)90-77(109)66(47(5)96)91-74(106)53(86)42-122-58-38-62(101)94(79(58)111)33-21-14-22-35-115-63(102)31-32-64(103)119-69(67(50-24-15-11-16-25-50)92-73(105)51-26-17-12-18-27-51)81(113)118-57-40-85(114)72(120-80(112)52-28-19-13-20-29-52)70-83(10,59(99)39-60-84(70,43-116-60)121-49(7)98)71(104)68(117-48(6)97)65(46(57)4)82(85,8)9/h11-13,15-20,24-29,44-45,47,53-60,66-70,72,95-96,99,114H,14,21-23,30-43,86H2,1-10H3,(H2,87,100)(H,88,107)(H,89,108)(H,90,109)(H,91,106)(H,92,105)/t45?,47?,53?,54?,55?,56?,57-,58?,59?,60+,66?,67-,68+,69+,70-,72-,83+,84-,85+/m0/s1. The average Bonchev–Trinajstić information content (AvgIpc) is 0.718. The number of amides is 9. The number of esters is 6. The topological polar surface area (TPSA) is 537 Å². The highest BCUT2D eigenvalue weighted by molar-refractivity contribution is 8.00. The maximum Gasteiger partial charge on any atom is 0.350 e. The molecular formula is C85H111N9O27S. The molecule has 3 aliphatic heterocycles. The predicted octanol–water partition coefficient (Wildman–Crippen LogP) is 1.21. The summed E-state index contributed by atoms with van der Waals surface area (Å²) in [5.41, 5.74) is 3.13. The molecule has 122 heavy (non-hydrogen) atoms. The number of fused-ring (bicyclic) bond motifs is 5. The van der Waals surface area contributed by atoms with Crippen LogP contribution < -0.4 is 38.1 Å². The zero-order valence-electron chi connectivity index (χ0n) is 69.8. The SMILES string of the molecule is CC(=O)O[C@H]1C(=O)[C@]2(C)C(O)C[C@H]3OC[C@@]3(OC(C)=O)[C@H]2[C@H](OC(=O)c2ccccc2)[C@]2(O)C[C@H](OC(=O)[C@H](OC(=O)CCC(=O)OCCCCCN3C(=O)CC(SCC(N)C(=O)NC(C(=O)NC(CO)C(=O)N4CCCC4C(=O)NC(CC(C)C)C(=O)NC(C)CC(N)=O)C(C)O)C3=O)[C@@H](NC(=O)c3ccccc3)c3ccccc3)C(C)=C1C2(C)C. The van der Waals surface area contributed by atoms with Gasteiger partial charge in [-0.15, -0.1) is 11.8 Å². The number of nitrogens with two attached hydrogens (primary N) is 2. The van der Waals surface area contributed by atoms with Crippen molar-refractivity contribution in [3.05, 3.63) is 119 Å². The number of carbonyl (C=O) groups excluding carboxylic acids is 16. The van der Waals surface area contributed by atoms with Crippen LogP contribution in [0.5, 0.6) is 0 Å². The number of likely N-dealkylation sites (tertiary alicyclic amines) is 2. The molecule has 3 aliphatic carbocycles. The van der Waals surface area contributed by atoms with Gasteiger partial charge in [0.1, 0.15) is 54.1 Å². The van der Waals surface area contributed by atoms with Crippen molar-refractivity contribution >= 4 is 107 Å². The molecule has 2 bridgehead atoms. The highest BCUT2D eigenvalue weighted by Crippen LogP contribution is 2.65. The van der Waals surface area contributed by atoms with Gasteiger partial charge in [0, 0.05) is 75.4 Å². The van der Waals surface area contributed by atoms with E-state index in [4.69, 9.17) is 44.6 Å². The summed E-state index contributed by atoms with van der Waals surface area (Å²) in [6, 6.07) is 14.0. The van der Waals surface area contributed by atoms with E-state index >= 15 is 9.59 Å².